The zero-order valence-corrected chi connectivity index (χ0v) is 18.2. The molecule has 0 amide bonds. The Morgan fingerprint density at radius 2 is 2.13 bits per heavy atom. The summed E-state index contributed by atoms with van der Waals surface area (Å²) in [6.07, 6.45) is 1.70. The number of H-pyrrole nitrogens is 1. The van der Waals surface area contributed by atoms with Gasteiger partial charge in [0.15, 0.2) is 0 Å². The molecule has 0 aliphatic carbocycles. The zero-order valence-electron chi connectivity index (χ0n) is 17.4. The number of hydrogen-bond acceptors (Lipinski definition) is 6. The normalized spacial score (nSPS) is 11.2. The molecule has 0 aliphatic rings. The minimum absolute atomic E-state index is 0.230. The Labute approximate surface area is 183 Å². The van der Waals surface area contributed by atoms with Gasteiger partial charge < -0.3 is 15.6 Å². The maximum absolute atomic E-state index is 13.3. The number of fused-ring (bicyclic) bond motifs is 2. The summed E-state index contributed by atoms with van der Waals surface area (Å²) in [5, 5.41) is 15.4. The molecule has 0 fully saturated rings. The molecule has 3 aromatic heterocycles. The molecule has 3 heterocycles. The minimum atomic E-state index is -0.230. The van der Waals surface area contributed by atoms with E-state index in [1.807, 2.05) is 6.92 Å². The molecule has 0 spiro atoms. The number of anilines is 1. The molecule has 0 saturated carbocycles. The fourth-order valence-corrected chi connectivity index (χ4v) is 4.16. The molecule has 31 heavy (non-hydrogen) atoms. The van der Waals surface area contributed by atoms with Crippen molar-refractivity contribution in [3.8, 4) is 17.2 Å². The Balaban J connectivity index is 1.96. The van der Waals surface area contributed by atoms with Gasteiger partial charge in [-0.15, -0.1) is 0 Å². The number of hydrogen-bond donors (Lipinski definition) is 2. The number of rotatable bonds is 5. The van der Waals surface area contributed by atoms with Crippen molar-refractivity contribution in [1.29, 1.82) is 5.26 Å². The summed E-state index contributed by atoms with van der Waals surface area (Å²) in [5.41, 5.74) is 8.63. The Morgan fingerprint density at radius 3 is 2.77 bits per heavy atom. The van der Waals surface area contributed by atoms with E-state index < -0.39 is 0 Å². The number of aryl methyl sites for hydroxylation is 1. The molecule has 0 saturated heterocycles. The molecule has 0 aliphatic heterocycles. The first-order valence-electron chi connectivity index (χ1n) is 9.60. The van der Waals surface area contributed by atoms with E-state index in [1.54, 1.807) is 42.0 Å². The number of nitrogens with two attached hydrogens (primary N) is 1. The van der Waals surface area contributed by atoms with E-state index in [2.05, 4.69) is 27.7 Å². The van der Waals surface area contributed by atoms with E-state index in [0.717, 1.165) is 0 Å². The van der Waals surface area contributed by atoms with Crippen LogP contribution in [0.15, 0.2) is 35.4 Å². The third-order valence-electron chi connectivity index (χ3n) is 5.21. The van der Waals surface area contributed by atoms with Crippen LogP contribution < -0.4 is 16.2 Å². The predicted octanol–water partition coefficient (Wildman–Crippen LogP) is 2.73. The average Bonchev–Trinajstić information content (AvgIpc) is 3.31. The molecule has 4 aromatic rings. The summed E-state index contributed by atoms with van der Waals surface area (Å²) in [7, 11) is 3.44. The van der Waals surface area contributed by atoms with Crippen molar-refractivity contribution in [3.05, 3.63) is 51.7 Å². The molecule has 158 valence electrons. The molecule has 0 radical (unpaired) electrons. The van der Waals surface area contributed by atoms with E-state index in [0.29, 0.717) is 68.5 Å². The number of benzene rings is 1. The van der Waals surface area contributed by atoms with Crippen molar-refractivity contribution in [2.24, 2.45) is 12.8 Å². The van der Waals surface area contributed by atoms with Crippen LogP contribution in [-0.4, -0.2) is 37.9 Å². The van der Waals surface area contributed by atoms with E-state index in [1.165, 1.54) is 4.57 Å². The molecule has 3 N–H and O–H groups in total. The maximum Gasteiger partial charge on any atom is 0.264 e. The Kier molecular flexibility index (Phi) is 4.95. The lowest BCUT2D eigenvalue weighted by Crippen LogP contribution is -2.31. The number of halogens is 1. The zero-order chi connectivity index (χ0) is 22.4. The van der Waals surface area contributed by atoms with Crippen molar-refractivity contribution >= 4 is 39.5 Å². The summed E-state index contributed by atoms with van der Waals surface area (Å²) >= 11 is 6.74. The maximum atomic E-state index is 13.3. The van der Waals surface area contributed by atoms with Crippen LogP contribution in [-0.2, 0) is 13.6 Å². The van der Waals surface area contributed by atoms with Gasteiger partial charge in [0.25, 0.3) is 5.56 Å². The number of nitrogens with zero attached hydrogens (tertiary/aromatic N) is 6. The van der Waals surface area contributed by atoms with Crippen LogP contribution in [0.5, 0.6) is 0 Å². The lowest BCUT2D eigenvalue weighted by molar-refractivity contribution is 0.659. The highest BCUT2D eigenvalue weighted by molar-refractivity contribution is 6.39. The van der Waals surface area contributed by atoms with Crippen molar-refractivity contribution < 1.29 is 0 Å². The highest BCUT2D eigenvalue weighted by Crippen LogP contribution is 2.38. The van der Waals surface area contributed by atoms with Crippen molar-refractivity contribution in [3.63, 3.8) is 0 Å². The van der Waals surface area contributed by atoms with Crippen LogP contribution in [0, 0.1) is 11.3 Å². The Morgan fingerprint density at radius 1 is 1.39 bits per heavy atom. The largest absolute Gasteiger partial charge is 0.401 e. The minimum Gasteiger partial charge on any atom is -0.401 e. The summed E-state index contributed by atoms with van der Waals surface area (Å²) in [6, 6.07) is 5.79. The molecular formula is C21H21ClN8O. The summed E-state index contributed by atoms with van der Waals surface area (Å²) in [5.74, 6) is 0.454. The number of nitriles is 1. The highest BCUT2D eigenvalue weighted by Gasteiger charge is 2.21. The number of nitrogens with one attached hydrogen (secondary N) is 1. The summed E-state index contributed by atoms with van der Waals surface area (Å²) in [6.45, 7) is 6.52. The molecule has 0 bridgehead atoms. The van der Waals surface area contributed by atoms with Crippen molar-refractivity contribution in [2.75, 3.05) is 18.5 Å². The number of likely N-dealkylation sites (N-methyl/N-ethyl adjacent to an activating group) is 1. The van der Waals surface area contributed by atoms with Crippen LogP contribution in [0.3, 0.4) is 0 Å². The second kappa shape index (κ2) is 7.49. The highest BCUT2D eigenvalue weighted by atomic mass is 35.5. The molecule has 10 heteroatoms. The molecule has 1 aromatic carbocycles. The SMILES string of the molecule is C=C(N)CN(C)c1nc2[nH]cc(-c3ccc4nn(CC)c(C#N)c4c3Cl)c2c(=O)n1C. The van der Waals surface area contributed by atoms with Gasteiger partial charge in [-0.25, -0.2) is 0 Å². The fraction of sp³-hybridized carbons (Fsp3) is 0.238. The average molecular weight is 437 g/mol. The van der Waals surface area contributed by atoms with Gasteiger partial charge >= 0.3 is 0 Å². The van der Waals surface area contributed by atoms with Gasteiger partial charge in [0.05, 0.1) is 27.9 Å². The number of aromatic nitrogens is 5. The van der Waals surface area contributed by atoms with Gasteiger partial charge in [-0.3, -0.25) is 14.0 Å². The quantitative estimate of drug-likeness (QED) is 0.496. The molecular weight excluding hydrogens is 416 g/mol. The van der Waals surface area contributed by atoms with E-state index in [4.69, 9.17) is 17.3 Å². The molecule has 0 atom stereocenters. The third-order valence-corrected chi connectivity index (χ3v) is 5.60. The van der Waals surface area contributed by atoms with E-state index in [-0.39, 0.29) is 5.56 Å². The van der Waals surface area contributed by atoms with Crippen LogP contribution in [0.1, 0.15) is 12.6 Å². The van der Waals surface area contributed by atoms with Gasteiger partial charge in [0.2, 0.25) is 5.95 Å². The topological polar surface area (TPSA) is 122 Å². The molecule has 4 rings (SSSR count). The monoisotopic (exact) mass is 436 g/mol. The van der Waals surface area contributed by atoms with Crippen molar-refractivity contribution in [1.82, 2.24) is 24.3 Å². The van der Waals surface area contributed by atoms with Crippen LogP contribution >= 0.6 is 11.6 Å². The van der Waals surface area contributed by atoms with Gasteiger partial charge in [-0.1, -0.05) is 24.2 Å². The lowest BCUT2D eigenvalue weighted by atomic mass is 10.0. The Hall–Kier alpha value is -3.77. The van der Waals surface area contributed by atoms with Gasteiger partial charge in [-0.2, -0.15) is 15.3 Å². The van der Waals surface area contributed by atoms with Crippen molar-refractivity contribution in [2.45, 2.75) is 13.5 Å². The van der Waals surface area contributed by atoms with E-state index in [9.17, 15) is 10.1 Å². The van der Waals surface area contributed by atoms with Crippen LogP contribution in [0.2, 0.25) is 5.02 Å². The molecule has 9 nitrogen and oxygen atoms in total. The lowest BCUT2D eigenvalue weighted by Gasteiger charge is -2.20. The predicted molar refractivity (Wildman–Crippen MR) is 122 cm³/mol. The standard InChI is InChI=1S/C21H21ClN8O/c1-5-30-15(8-23)17-14(27-30)7-6-12(18(17)22)13-9-25-19-16(13)20(31)29(4)21(26-19)28(3)10-11(2)24/h6-7,9,25H,2,5,10,24H2,1,3-4H3. The van der Waals surface area contributed by atoms with E-state index >= 15 is 0 Å². The first kappa shape index (κ1) is 20.5. The van der Waals surface area contributed by atoms with Gasteiger partial charge in [-0.05, 0) is 13.0 Å². The van der Waals surface area contributed by atoms with Crippen LogP contribution in [0.4, 0.5) is 5.95 Å². The second-order valence-corrected chi connectivity index (χ2v) is 7.69. The fourth-order valence-electron chi connectivity index (χ4n) is 3.81. The van der Waals surface area contributed by atoms with Gasteiger partial charge in [0, 0.05) is 43.7 Å². The molecule has 0 unspecified atom stereocenters. The second-order valence-electron chi connectivity index (χ2n) is 7.31. The first-order chi connectivity index (χ1) is 14.8. The first-order valence-corrected chi connectivity index (χ1v) is 9.98. The van der Waals surface area contributed by atoms with Crippen LogP contribution in [0.25, 0.3) is 33.1 Å². The summed E-state index contributed by atoms with van der Waals surface area (Å²) in [4.78, 5) is 22.7. The Bertz CT molecular complexity index is 1450. The number of aromatic amines is 1. The summed E-state index contributed by atoms with van der Waals surface area (Å²) < 4.78 is 3.08. The smallest absolute Gasteiger partial charge is 0.264 e. The van der Waals surface area contributed by atoms with Gasteiger partial charge in [0.1, 0.15) is 17.4 Å². The third kappa shape index (κ3) is 3.12.